The van der Waals surface area contributed by atoms with Gasteiger partial charge in [-0.3, -0.25) is 4.79 Å². The first-order chi connectivity index (χ1) is 10.7. The number of anilines is 1. The fourth-order valence-corrected chi connectivity index (χ4v) is 2.73. The van der Waals surface area contributed by atoms with E-state index in [0.717, 1.165) is 29.8 Å². The van der Waals surface area contributed by atoms with Crippen LogP contribution in [0.5, 0.6) is 11.5 Å². The molecule has 0 aromatic heterocycles. The molecule has 0 bridgehead atoms. The summed E-state index contributed by atoms with van der Waals surface area (Å²) in [6.45, 7) is 0.869. The molecule has 2 rings (SSSR count). The van der Waals surface area contributed by atoms with Crippen LogP contribution in [0, 0.1) is 0 Å². The SMILES string of the molecule is COCC(OC)C(=O)N1CCCc2c(OC)cc(OC)cc21. The Morgan fingerprint density at radius 2 is 2.00 bits per heavy atom. The normalized spacial score (nSPS) is 15.2. The zero-order chi connectivity index (χ0) is 16.1. The summed E-state index contributed by atoms with van der Waals surface area (Å²) < 4.78 is 21.1. The van der Waals surface area contributed by atoms with Crippen LogP contribution < -0.4 is 14.4 Å². The van der Waals surface area contributed by atoms with E-state index in [-0.39, 0.29) is 12.5 Å². The van der Waals surface area contributed by atoms with Gasteiger partial charge in [-0.15, -0.1) is 0 Å². The summed E-state index contributed by atoms with van der Waals surface area (Å²) in [5, 5.41) is 0. The molecule has 6 nitrogen and oxygen atoms in total. The Balaban J connectivity index is 2.40. The summed E-state index contributed by atoms with van der Waals surface area (Å²) in [5.74, 6) is 1.30. The monoisotopic (exact) mass is 309 g/mol. The van der Waals surface area contributed by atoms with Crippen molar-refractivity contribution in [1.29, 1.82) is 0 Å². The largest absolute Gasteiger partial charge is 0.497 e. The summed E-state index contributed by atoms with van der Waals surface area (Å²) in [6.07, 6.45) is 1.13. The smallest absolute Gasteiger partial charge is 0.258 e. The molecule has 1 aliphatic heterocycles. The van der Waals surface area contributed by atoms with Crippen LogP contribution in [-0.4, -0.2) is 53.6 Å². The molecule has 0 saturated heterocycles. The highest BCUT2D eigenvalue weighted by Gasteiger charge is 2.30. The fraction of sp³-hybridized carbons (Fsp3) is 0.562. The van der Waals surface area contributed by atoms with E-state index in [9.17, 15) is 4.79 Å². The molecule has 122 valence electrons. The Morgan fingerprint density at radius 1 is 1.23 bits per heavy atom. The zero-order valence-electron chi connectivity index (χ0n) is 13.5. The summed E-state index contributed by atoms with van der Waals surface area (Å²) in [7, 11) is 6.28. The second kappa shape index (κ2) is 7.47. The van der Waals surface area contributed by atoms with Crippen molar-refractivity contribution in [1.82, 2.24) is 0 Å². The van der Waals surface area contributed by atoms with Crippen molar-refractivity contribution in [3.05, 3.63) is 17.7 Å². The van der Waals surface area contributed by atoms with Gasteiger partial charge in [-0.25, -0.2) is 0 Å². The third kappa shape index (κ3) is 3.18. The van der Waals surface area contributed by atoms with E-state index >= 15 is 0 Å². The third-order valence-corrected chi connectivity index (χ3v) is 3.86. The van der Waals surface area contributed by atoms with Gasteiger partial charge in [0.2, 0.25) is 0 Å². The number of amides is 1. The lowest BCUT2D eigenvalue weighted by Gasteiger charge is -2.32. The first-order valence-corrected chi connectivity index (χ1v) is 7.24. The molecule has 1 heterocycles. The van der Waals surface area contributed by atoms with Crippen molar-refractivity contribution >= 4 is 11.6 Å². The standard InChI is InChI=1S/C16H23NO5/c1-19-10-15(22-4)16(18)17-7-5-6-12-13(17)8-11(20-2)9-14(12)21-3/h8-9,15H,5-7,10H2,1-4H3. The predicted octanol–water partition coefficient (Wildman–Crippen LogP) is 1.64. The summed E-state index contributed by atoms with van der Waals surface area (Å²) in [4.78, 5) is 14.5. The average Bonchev–Trinajstić information content (AvgIpc) is 2.57. The van der Waals surface area contributed by atoms with Crippen molar-refractivity contribution in [2.24, 2.45) is 0 Å². The lowest BCUT2D eigenvalue weighted by molar-refractivity contribution is -0.131. The zero-order valence-corrected chi connectivity index (χ0v) is 13.5. The van der Waals surface area contributed by atoms with Gasteiger partial charge >= 0.3 is 0 Å². The third-order valence-electron chi connectivity index (χ3n) is 3.86. The molecule has 0 saturated carbocycles. The molecule has 0 aliphatic carbocycles. The molecule has 1 unspecified atom stereocenters. The van der Waals surface area contributed by atoms with E-state index in [1.165, 1.54) is 7.11 Å². The van der Waals surface area contributed by atoms with Crippen molar-refractivity contribution in [3.8, 4) is 11.5 Å². The first kappa shape index (κ1) is 16.6. The molecule has 1 aromatic carbocycles. The molecular formula is C16H23NO5. The van der Waals surface area contributed by atoms with Gasteiger partial charge in [0.05, 0.1) is 26.5 Å². The molecule has 0 N–H and O–H groups in total. The minimum absolute atomic E-state index is 0.111. The second-order valence-corrected chi connectivity index (χ2v) is 5.10. The van der Waals surface area contributed by atoms with Crippen molar-refractivity contribution < 1.29 is 23.7 Å². The van der Waals surface area contributed by atoms with Gasteiger partial charge < -0.3 is 23.8 Å². The van der Waals surface area contributed by atoms with E-state index in [1.54, 1.807) is 26.2 Å². The Morgan fingerprint density at radius 3 is 2.59 bits per heavy atom. The highest BCUT2D eigenvalue weighted by atomic mass is 16.5. The van der Waals surface area contributed by atoms with Crippen molar-refractivity contribution in [2.45, 2.75) is 18.9 Å². The Hall–Kier alpha value is -1.79. The topological polar surface area (TPSA) is 57.2 Å². The van der Waals surface area contributed by atoms with E-state index in [1.807, 2.05) is 12.1 Å². The average molecular weight is 309 g/mol. The van der Waals surface area contributed by atoms with Gasteiger partial charge in [-0.1, -0.05) is 0 Å². The van der Waals surface area contributed by atoms with E-state index in [4.69, 9.17) is 18.9 Å². The highest BCUT2D eigenvalue weighted by molar-refractivity contribution is 5.98. The fourth-order valence-electron chi connectivity index (χ4n) is 2.73. The molecule has 1 aliphatic rings. The first-order valence-electron chi connectivity index (χ1n) is 7.24. The Kier molecular flexibility index (Phi) is 5.63. The molecule has 6 heteroatoms. The number of carbonyl (C=O) groups excluding carboxylic acids is 1. The van der Waals surface area contributed by atoms with Crippen LogP contribution in [0.4, 0.5) is 5.69 Å². The van der Waals surface area contributed by atoms with Gasteiger partial charge in [0, 0.05) is 38.5 Å². The number of benzene rings is 1. The summed E-state index contributed by atoms with van der Waals surface area (Å²) in [5.41, 5.74) is 1.85. The van der Waals surface area contributed by atoms with Crippen LogP contribution in [0.15, 0.2) is 12.1 Å². The van der Waals surface area contributed by atoms with Crippen LogP contribution >= 0.6 is 0 Å². The molecule has 22 heavy (non-hydrogen) atoms. The number of ether oxygens (including phenoxy) is 4. The van der Waals surface area contributed by atoms with Gasteiger partial charge in [0.15, 0.2) is 6.10 Å². The maximum Gasteiger partial charge on any atom is 0.258 e. The van der Waals surface area contributed by atoms with Crippen LogP contribution in [0.3, 0.4) is 0 Å². The van der Waals surface area contributed by atoms with E-state index in [0.29, 0.717) is 12.3 Å². The lowest BCUT2D eigenvalue weighted by atomic mass is 9.99. The maximum absolute atomic E-state index is 12.7. The molecule has 0 fully saturated rings. The van der Waals surface area contributed by atoms with Gasteiger partial charge in [-0.2, -0.15) is 0 Å². The van der Waals surface area contributed by atoms with E-state index < -0.39 is 6.10 Å². The van der Waals surface area contributed by atoms with Gasteiger partial charge in [-0.05, 0) is 12.8 Å². The second-order valence-electron chi connectivity index (χ2n) is 5.10. The van der Waals surface area contributed by atoms with Gasteiger partial charge in [0.25, 0.3) is 5.91 Å². The highest BCUT2D eigenvalue weighted by Crippen LogP contribution is 2.38. The maximum atomic E-state index is 12.7. The summed E-state index contributed by atoms with van der Waals surface area (Å²) in [6, 6.07) is 3.71. The molecule has 1 aromatic rings. The van der Waals surface area contributed by atoms with Crippen molar-refractivity contribution in [3.63, 3.8) is 0 Å². The van der Waals surface area contributed by atoms with Gasteiger partial charge in [0.1, 0.15) is 11.5 Å². The van der Waals surface area contributed by atoms with Crippen LogP contribution in [0.25, 0.3) is 0 Å². The van der Waals surface area contributed by atoms with Crippen LogP contribution in [0.1, 0.15) is 12.0 Å². The molecule has 1 atom stereocenters. The molecular weight excluding hydrogens is 286 g/mol. The Labute approximate surface area is 130 Å². The number of fused-ring (bicyclic) bond motifs is 1. The van der Waals surface area contributed by atoms with E-state index in [2.05, 4.69) is 0 Å². The van der Waals surface area contributed by atoms with Crippen LogP contribution in [0.2, 0.25) is 0 Å². The number of hydrogen-bond acceptors (Lipinski definition) is 5. The van der Waals surface area contributed by atoms with Crippen LogP contribution in [-0.2, 0) is 20.7 Å². The number of methoxy groups -OCH3 is 4. The molecule has 0 spiro atoms. The Bertz CT molecular complexity index is 532. The number of nitrogens with zero attached hydrogens (tertiary/aromatic N) is 1. The minimum atomic E-state index is -0.617. The molecule has 1 amide bonds. The van der Waals surface area contributed by atoms with Crippen molar-refractivity contribution in [2.75, 3.05) is 46.5 Å². The minimum Gasteiger partial charge on any atom is -0.497 e. The quantitative estimate of drug-likeness (QED) is 0.799. The number of hydrogen-bond donors (Lipinski definition) is 0. The summed E-state index contributed by atoms with van der Waals surface area (Å²) >= 11 is 0. The predicted molar refractivity (Wildman–Crippen MR) is 82.9 cm³/mol. The number of rotatable bonds is 6. The molecule has 0 radical (unpaired) electrons. The number of carbonyl (C=O) groups is 1. The lowest BCUT2D eigenvalue weighted by Crippen LogP contribution is -2.44.